The Morgan fingerprint density at radius 1 is 1.16 bits per heavy atom. The van der Waals surface area contributed by atoms with Gasteiger partial charge in [0.1, 0.15) is 5.54 Å². The summed E-state index contributed by atoms with van der Waals surface area (Å²) in [7, 11) is 0. The molecule has 2 N–H and O–H groups in total. The summed E-state index contributed by atoms with van der Waals surface area (Å²) < 4.78 is 0. The maximum Gasteiger partial charge on any atom is 0.322 e. The van der Waals surface area contributed by atoms with Crippen LogP contribution in [0, 0.1) is 5.92 Å². The van der Waals surface area contributed by atoms with Crippen molar-refractivity contribution in [3.63, 3.8) is 0 Å². The molecule has 102 valence electrons. The fraction of sp³-hybridized carbons (Fsp3) is 0.467. The van der Waals surface area contributed by atoms with E-state index in [1.165, 1.54) is 5.56 Å². The highest BCUT2D eigenvalue weighted by Gasteiger charge is 2.45. The Morgan fingerprint density at radius 2 is 1.79 bits per heavy atom. The Labute approximate surface area is 113 Å². The molecule has 0 spiro atoms. The van der Waals surface area contributed by atoms with Crippen molar-refractivity contribution in [1.82, 2.24) is 10.6 Å². The van der Waals surface area contributed by atoms with E-state index in [1.54, 1.807) is 0 Å². The van der Waals surface area contributed by atoms with Crippen LogP contribution in [0.4, 0.5) is 4.79 Å². The monoisotopic (exact) mass is 260 g/mol. The van der Waals surface area contributed by atoms with Crippen molar-refractivity contribution >= 4 is 11.9 Å². The van der Waals surface area contributed by atoms with Crippen molar-refractivity contribution in [3.8, 4) is 0 Å². The first-order chi connectivity index (χ1) is 8.98. The number of hydrogen-bond acceptors (Lipinski definition) is 2. The standard InChI is InChI=1S/C15H20N2O2/c1-4-15(13(18)16-14(19)17-15)12-7-5-11(6-8-12)9-10(2)3/h5-8,10H,4,9H2,1-3H3,(H2,16,17,18,19). The summed E-state index contributed by atoms with van der Waals surface area (Å²) in [4.78, 5) is 23.4. The van der Waals surface area contributed by atoms with Gasteiger partial charge in [0.2, 0.25) is 0 Å². The first-order valence-electron chi connectivity index (χ1n) is 6.71. The number of imide groups is 1. The Morgan fingerprint density at radius 3 is 2.21 bits per heavy atom. The molecule has 1 aromatic carbocycles. The quantitative estimate of drug-likeness (QED) is 0.816. The van der Waals surface area contributed by atoms with E-state index in [1.807, 2.05) is 31.2 Å². The van der Waals surface area contributed by atoms with Crippen molar-refractivity contribution in [2.45, 2.75) is 39.2 Å². The highest BCUT2D eigenvalue weighted by Crippen LogP contribution is 2.28. The van der Waals surface area contributed by atoms with Gasteiger partial charge >= 0.3 is 6.03 Å². The summed E-state index contributed by atoms with van der Waals surface area (Å²) >= 11 is 0. The number of carbonyl (C=O) groups excluding carboxylic acids is 2. The fourth-order valence-corrected chi connectivity index (χ4v) is 2.54. The van der Waals surface area contributed by atoms with Gasteiger partial charge in [-0.2, -0.15) is 0 Å². The third-order valence-corrected chi connectivity index (χ3v) is 3.56. The number of hydrogen-bond donors (Lipinski definition) is 2. The van der Waals surface area contributed by atoms with Gasteiger partial charge in [-0.1, -0.05) is 45.0 Å². The molecule has 0 saturated carbocycles. The molecule has 4 heteroatoms. The van der Waals surface area contributed by atoms with E-state index in [9.17, 15) is 9.59 Å². The van der Waals surface area contributed by atoms with Crippen LogP contribution in [-0.2, 0) is 16.8 Å². The Balaban J connectivity index is 2.30. The molecule has 1 unspecified atom stereocenters. The van der Waals surface area contributed by atoms with Crippen LogP contribution in [0.2, 0.25) is 0 Å². The highest BCUT2D eigenvalue weighted by atomic mass is 16.2. The van der Waals surface area contributed by atoms with Crippen LogP contribution in [0.3, 0.4) is 0 Å². The van der Waals surface area contributed by atoms with E-state index >= 15 is 0 Å². The normalized spacial score (nSPS) is 22.5. The number of benzene rings is 1. The number of nitrogens with one attached hydrogen (secondary N) is 2. The van der Waals surface area contributed by atoms with Crippen LogP contribution in [0.15, 0.2) is 24.3 Å². The summed E-state index contributed by atoms with van der Waals surface area (Å²) in [5.41, 5.74) is 1.17. The second-order valence-corrected chi connectivity index (χ2v) is 5.46. The van der Waals surface area contributed by atoms with E-state index in [-0.39, 0.29) is 5.91 Å². The number of amides is 3. The number of urea groups is 1. The lowest BCUT2D eigenvalue weighted by atomic mass is 9.86. The molecule has 1 aliphatic heterocycles. The minimum absolute atomic E-state index is 0.267. The molecule has 19 heavy (non-hydrogen) atoms. The summed E-state index contributed by atoms with van der Waals surface area (Å²) in [6.45, 7) is 6.24. The molecule has 1 atom stereocenters. The summed E-state index contributed by atoms with van der Waals surface area (Å²) in [5.74, 6) is 0.331. The second-order valence-electron chi connectivity index (χ2n) is 5.46. The van der Waals surface area contributed by atoms with Crippen LogP contribution in [0.5, 0.6) is 0 Å². The first-order valence-corrected chi connectivity index (χ1v) is 6.71. The molecular formula is C15H20N2O2. The average Bonchev–Trinajstić information content (AvgIpc) is 2.65. The van der Waals surface area contributed by atoms with Crippen LogP contribution in [0.1, 0.15) is 38.3 Å². The maximum absolute atomic E-state index is 12.0. The van der Waals surface area contributed by atoms with E-state index in [2.05, 4.69) is 24.5 Å². The van der Waals surface area contributed by atoms with Gasteiger partial charge in [-0.3, -0.25) is 10.1 Å². The van der Waals surface area contributed by atoms with Gasteiger partial charge in [0, 0.05) is 0 Å². The minimum atomic E-state index is -0.909. The van der Waals surface area contributed by atoms with Crippen LogP contribution in [-0.4, -0.2) is 11.9 Å². The Kier molecular flexibility index (Phi) is 3.60. The third-order valence-electron chi connectivity index (χ3n) is 3.56. The van der Waals surface area contributed by atoms with Gasteiger partial charge in [-0.05, 0) is 29.9 Å². The highest BCUT2D eigenvalue weighted by molar-refractivity contribution is 6.07. The molecule has 3 amide bonds. The van der Waals surface area contributed by atoms with Crippen molar-refractivity contribution in [2.75, 3.05) is 0 Å². The minimum Gasteiger partial charge on any atom is -0.319 e. The zero-order chi connectivity index (χ0) is 14.0. The predicted molar refractivity (Wildman–Crippen MR) is 73.6 cm³/mol. The average molecular weight is 260 g/mol. The lowest BCUT2D eigenvalue weighted by molar-refractivity contribution is -0.124. The molecule has 0 radical (unpaired) electrons. The molecule has 1 aliphatic rings. The van der Waals surface area contributed by atoms with E-state index in [4.69, 9.17) is 0 Å². The smallest absolute Gasteiger partial charge is 0.319 e. The SMILES string of the molecule is CCC1(c2ccc(CC(C)C)cc2)NC(=O)NC1=O. The zero-order valence-electron chi connectivity index (χ0n) is 11.6. The molecule has 0 aromatic heterocycles. The third kappa shape index (κ3) is 2.48. The van der Waals surface area contributed by atoms with Crippen LogP contribution < -0.4 is 10.6 Å². The summed E-state index contributed by atoms with van der Waals surface area (Å²) in [6.07, 6.45) is 1.55. The molecule has 2 rings (SSSR count). The van der Waals surface area contributed by atoms with Crippen LogP contribution in [0.25, 0.3) is 0 Å². The number of carbonyl (C=O) groups is 2. The van der Waals surface area contributed by atoms with Crippen molar-refractivity contribution in [3.05, 3.63) is 35.4 Å². The van der Waals surface area contributed by atoms with Gasteiger partial charge in [0.15, 0.2) is 0 Å². The van der Waals surface area contributed by atoms with Gasteiger partial charge in [-0.15, -0.1) is 0 Å². The lowest BCUT2D eigenvalue weighted by Gasteiger charge is -2.25. The zero-order valence-corrected chi connectivity index (χ0v) is 11.6. The van der Waals surface area contributed by atoms with Crippen molar-refractivity contribution < 1.29 is 9.59 Å². The summed E-state index contributed by atoms with van der Waals surface area (Å²) in [6, 6.07) is 7.52. The number of rotatable bonds is 4. The van der Waals surface area contributed by atoms with Gasteiger partial charge in [0.25, 0.3) is 5.91 Å². The molecule has 4 nitrogen and oxygen atoms in total. The molecular weight excluding hydrogens is 240 g/mol. The van der Waals surface area contributed by atoms with E-state index in [0.29, 0.717) is 12.3 Å². The fourth-order valence-electron chi connectivity index (χ4n) is 2.54. The molecule has 1 aromatic rings. The molecule has 1 heterocycles. The van der Waals surface area contributed by atoms with Gasteiger partial charge in [-0.25, -0.2) is 4.79 Å². The maximum atomic E-state index is 12.0. The molecule has 0 bridgehead atoms. The largest absolute Gasteiger partial charge is 0.322 e. The molecule has 0 aliphatic carbocycles. The van der Waals surface area contributed by atoms with Gasteiger partial charge in [0.05, 0.1) is 0 Å². The lowest BCUT2D eigenvalue weighted by Crippen LogP contribution is -2.43. The van der Waals surface area contributed by atoms with Crippen LogP contribution >= 0.6 is 0 Å². The Bertz CT molecular complexity index is 493. The molecule has 1 fully saturated rings. The van der Waals surface area contributed by atoms with E-state index in [0.717, 1.165) is 12.0 Å². The van der Waals surface area contributed by atoms with Crippen molar-refractivity contribution in [1.29, 1.82) is 0 Å². The predicted octanol–water partition coefficient (Wildman–Crippen LogP) is 2.33. The second kappa shape index (κ2) is 5.03. The Hall–Kier alpha value is -1.84. The first kappa shape index (κ1) is 13.6. The topological polar surface area (TPSA) is 58.2 Å². The molecule has 1 saturated heterocycles. The summed E-state index contributed by atoms with van der Waals surface area (Å²) in [5, 5.41) is 5.06. The van der Waals surface area contributed by atoms with E-state index < -0.39 is 11.6 Å². The van der Waals surface area contributed by atoms with Crippen molar-refractivity contribution in [2.24, 2.45) is 5.92 Å². The van der Waals surface area contributed by atoms with Gasteiger partial charge < -0.3 is 5.32 Å².